The number of fused-ring (bicyclic) bond motifs is 1. The van der Waals surface area contributed by atoms with Gasteiger partial charge in [0.25, 0.3) is 0 Å². The summed E-state index contributed by atoms with van der Waals surface area (Å²) in [6, 6.07) is 13.4. The number of anilines is 1. The summed E-state index contributed by atoms with van der Waals surface area (Å²) >= 11 is 0. The molecule has 0 radical (unpaired) electrons. The Bertz CT molecular complexity index is 1010. The van der Waals surface area contributed by atoms with Gasteiger partial charge in [-0.3, -0.25) is 5.32 Å². The number of aryl methyl sites for hydroxylation is 1. The maximum Gasteiger partial charge on any atom is 0.196 e. The quantitative estimate of drug-likeness (QED) is 0.463. The van der Waals surface area contributed by atoms with Crippen molar-refractivity contribution in [2.24, 2.45) is 0 Å². The van der Waals surface area contributed by atoms with Crippen molar-refractivity contribution in [3.8, 4) is 0 Å². The predicted molar refractivity (Wildman–Crippen MR) is 133 cm³/mol. The van der Waals surface area contributed by atoms with E-state index in [4.69, 9.17) is 5.73 Å². The standard InChI is InChI=1S/C26H39N3O2S/c1-5-8-15-26(16-9-6-2)25(28-4)32(30,31)23-14-13-19(7-3)17-22(23)24(29-26)20-11-10-12-21(27)18-20/h10-14,17-18,24-25,28-29H,5-9,15-16,27H2,1-4H3. The Morgan fingerprint density at radius 3 is 2.28 bits per heavy atom. The number of sulfone groups is 1. The lowest BCUT2D eigenvalue weighted by Crippen LogP contribution is -2.61. The molecular formula is C26H39N3O2S. The summed E-state index contributed by atoms with van der Waals surface area (Å²) in [5.74, 6) is 0. The number of rotatable bonds is 9. The highest BCUT2D eigenvalue weighted by Crippen LogP contribution is 2.42. The highest BCUT2D eigenvalue weighted by Gasteiger charge is 2.50. The molecule has 2 aromatic carbocycles. The van der Waals surface area contributed by atoms with Crippen LogP contribution < -0.4 is 16.4 Å². The van der Waals surface area contributed by atoms with Crippen molar-refractivity contribution in [3.05, 3.63) is 59.2 Å². The van der Waals surface area contributed by atoms with E-state index < -0.39 is 20.8 Å². The number of hydrogen-bond donors (Lipinski definition) is 3. The van der Waals surface area contributed by atoms with Crippen molar-refractivity contribution >= 4 is 15.5 Å². The fourth-order valence-electron chi connectivity index (χ4n) is 5.12. The fourth-order valence-corrected chi connectivity index (χ4v) is 7.34. The van der Waals surface area contributed by atoms with E-state index in [1.807, 2.05) is 36.4 Å². The van der Waals surface area contributed by atoms with Crippen LogP contribution in [-0.4, -0.2) is 26.4 Å². The SMILES string of the molecule is CCCCC1(CCCC)NC(c2cccc(N)c2)c2cc(CC)ccc2S(=O)(=O)C1NC. The van der Waals surface area contributed by atoms with Crippen molar-refractivity contribution in [3.63, 3.8) is 0 Å². The van der Waals surface area contributed by atoms with Crippen LogP contribution in [0.25, 0.3) is 0 Å². The number of benzene rings is 2. The summed E-state index contributed by atoms with van der Waals surface area (Å²) in [6.45, 7) is 6.41. The maximum atomic E-state index is 14.1. The second kappa shape index (κ2) is 10.4. The van der Waals surface area contributed by atoms with Gasteiger partial charge in [-0.05, 0) is 61.2 Å². The van der Waals surface area contributed by atoms with Gasteiger partial charge in [0.2, 0.25) is 0 Å². The van der Waals surface area contributed by atoms with Gasteiger partial charge in [-0.1, -0.05) is 70.7 Å². The third-order valence-electron chi connectivity index (χ3n) is 6.80. The van der Waals surface area contributed by atoms with Crippen LogP contribution in [0.15, 0.2) is 47.4 Å². The summed E-state index contributed by atoms with van der Waals surface area (Å²) in [6.07, 6.45) is 6.39. The molecule has 0 spiro atoms. The van der Waals surface area contributed by atoms with Crippen molar-refractivity contribution in [1.82, 2.24) is 10.6 Å². The largest absolute Gasteiger partial charge is 0.399 e. The van der Waals surface area contributed by atoms with Gasteiger partial charge >= 0.3 is 0 Å². The smallest absolute Gasteiger partial charge is 0.196 e. The molecule has 1 heterocycles. The predicted octanol–water partition coefficient (Wildman–Crippen LogP) is 4.96. The van der Waals surface area contributed by atoms with Crippen molar-refractivity contribution in [2.75, 3.05) is 12.8 Å². The van der Waals surface area contributed by atoms with Crippen LogP contribution >= 0.6 is 0 Å². The molecule has 4 N–H and O–H groups in total. The van der Waals surface area contributed by atoms with Gasteiger partial charge in [0.15, 0.2) is 9.84 Å². The van der Waals surface area contributed by atoms with Crippen LogP contribution in [0.5, 0.6) is 0 Å². The Morgan fingerprint density at radius 1 is 1.03 bits per heavy atom. The van der Waals surface area contributed by atoms with Crippen molar-refractivity contribution in [1.29, 1.82) is 0 Å². The normalized spacial score (nSPS) is 21.6. The molecule has 2 atom stereocenters. The Labute approximate surface area is 194 Å². The number of nitrogen functional groups attached to an aromatic ring is 1. The van der Waals surface area contributed by atoms with Gasteiger partial charge in [-0.2, -0.15) is 0 Å². The minimum absolute atomic E-state index is 0.248. The Kier molecular flexibility index (Phi) is 8.01. The lowest BCUT2D eigenvalue weighted by Gasteiger charge is -2.42. The Morgan fingerprint density at radius 2 is 1.72 bits per heavy atom. The lowest BCUT2D eigenvalue weighted by atomic mass is 9.83. The number of likely N-dealkylation sites (N-methyl/N-ethyl adjacent to an activating group) is 1. The zero-order chi connectivity index (χ0) is 23.4. The Balaban J connectivity index is 2.31. The first-order chi connectivity index (χ1) is 15.3. The van der Waals surface area contributed by atoms with E-state index in [1.54, 1.807) is 7.05 Å². The van der Waals surface area contributed by atoms with E-state index in [-0.39, 0.29) is 6.04 Å². The Hall–Kier alpha value is -1.89. The van der Waals surface area contributed by atoms with E-state index in [9.17, 15) is 8.42 Å². The number of nitrogens with two attached hydrogens (primary N) is 1. The number of nitrogens with one attached hydrogen (secondary N) is 2. The first-order valence-corrected chi connectivity index (χ1v) is 13.5. The van der Waals surface area contributed by atoms with Crippen LogP contribution in [-0.2, 0) is 16.3 Å². The average Bonchev–Trinajstić information content (AvgIpc) is 2.86. The zero-order valence-corrected chi connectivity index (χ0v) is 20.8. The fraction of sp³-hybridized carbons (Fsp3) is 0.538. The van der Waals surface area contributed by atoms with Gasteiger partial charge < -0.3 is 11.1 Å². The van der Waals surface area contributed by atoms with Gasteiger partial charge in [0.05, 0.1) is 10.9 Å². The summed E-state index contributed by atoms with van der Waals surface area (Å²) in [5, 5.41) is 6.43. The van der Waals surface area contributed by atoms with E-state index in [0.717, 1.165) is 61.6 Å². The molecule has 3 rings (SSSR count). The lowest BCUT2D eigenvalue weighted by molar-refractivity contribution is 0.224. The molecule has 0 amide bonds. The van der Waals surface area contributed by atoms with Crippen LogP contribution in [0.1, 0.15) is 82.0 Å². The second-order valence-corrected chi connectivity index (χ2v) is 11.1. The molecular weight excluding hydrogens is 418 g/mol. The summed E-state index contributed by atoms with van der Waals surface area (Å²) in [4.78, 5) is 0.420. The molecule has 0 bridgehead atoms. The van der Waals surface area contributed by atoms with Crippen LogP contribution in [0.3, 0.4) is 0 Å². The van der Waals surface area contributed by atoms with E-state index in [0.29, 0.717) is 10.6 Å². The van der Waals surface area contributed by atoms with E-state index in [1.165, 1.54) is 0 Å². The molecule has 0 aliphatic carbocycles. The van der Waals surface area contributed by atoms with Crippen molar-refractivity contribution in [2.45, 2.75) is 87.6 Å². The molecule has 0 saturated carbocycles. The van der Waals surface area contributed by atoms with Crippen molar-refractivity contribution < 1.29 is 8.42 Å². The highest BCUT2D eigenvalue weighted by molar-refractivity contribution is 7.92. The first-order valence-electron chi connectivity index (χ1n) is 12.0. The molecule has 32 heavy (non-hydrogen) atoms. The second-order valence-electron chi connectivity index (χ2n) is 9.05. The van der Waals surface area contributed by atoms with Crippen LogP contribution in [0.4, 0.5) is 5.69 Å². The third kappa shape index (κ3) is 4.73. The zero-order valence-electron chi connectivity index (χ0n) is 19.9. The molecule has 2 aromatic rings. The summed E-state index contributed by atoms with van der Waals surface area (Å²) < 4.78 is 28.2. The van der Waals surface area contributed by atoms with Gasteiger partial charge in [0.1, 0.15) is 5.37 Å². The van der Waals surface area contributed by atoms with Gasteiger partial charge in [-0.25, -0.2) is 8.42 Å². The molecule has 0 fully saturated rings. The third-order valence-corrected chi connectivity index (χ3v) is 9.10. The van der Waals surface area contributed by atoms with Gasteiger partial charge in [0, 0.05) is 11.2 Å². The minimum atomic E-state index is -3.62. The van der Waals surface area contributed by atoms with Gasteiger partial charge in [-0.15, -0.1) is 0 Å². The number of hydrogen-bond acceptors (Lipinski definition) is 5. The molecule has 0 saturated heterocycles. The molecule has 1 aliphatic heterocycles. The average molecular weight is 458 g/mol. The molecule has 176 valence electrons. The monoisotopic (exact) mass is 457 g/mol. The van der Waals surface area contributed by atoms with Crippen LogP contribution in [0, 0.1) is 0 Å². The van der Waals surface area contributed by atoms with E-state index in [2.05, 4.69) is 37.5 Å². The summed E-state index contributed by atoms with van der Waals surface area (Å²) in [7, 11) is -1.84. The molecule has 1 aliphatic rings. The highest BCUT2D eigenvalue weighted by atomic mass is 32.2. The molecule has 6 heteroatoms. The molecule has 2 unspecified atom stereocenters. The molecule has 0 aromatic heterocycles. The molecule has 5 nitrogen and oxygen atoms in total. The topological polar surface area (TPSA) is 84.2 Å². The van der Waals surface area contributed by atoms with E-state index >= 15 is 0 Å². The maximum absolute atomic E-state index is 14.1. The summed E-state index contributed by atoms with van der Waals surface area (Å²) in [5.41, 5.74) is 9.21. The first kappa shape index (κ1) is 24.7. The minimum Gasteiger partial charge on any atom is -0.399 e. The number of unbranched alkanes of at least 4 members (excludes halogenated alkanes) is 2. The van der Waals surface area contributed by atoms with Crippen LogP contribution in [0.2, 0.25) is 0 Å².